The second-order valence-electron chi connectivity index (χ2n) is 6.99. The molecule has 0 atom stereocenters. The highest BCUT2D eigenvalue weighted by molar-refractivity contribution is 7.89. The second-order valence-corrected chi connectivity index (χ2v) is 9.74. The highest BCUT2D eigenvalue weighted by Gasteiger charge is 2.34. The molecule has 0 N–H and O–H groups in total. The zero-order chi connectivity index (χ0) is 20.5. The Balaban J connectivity index is 1.70. The summed E-state index contributed by atoms with van der Waals surface area (Å²) in [5.41, 5.74) is 1.92. The molecule has 2 aromatic carbocycles. The molecule has 1 saturated heterocycles. The van der Waals surface area contributed by atoms with E-state index >= 15 is 0 Å². The summed E-state index contributed by atoms with van der Waals surface area (Å²) in [4.78, 5) is 14.5. The summed E-state index contributed by atoms with van der Waals surface area (Å²) in [6, 6.07) is 12.1. The standard InChI is InChI=1S/C20H22Cl2N2O3S/c1-14-4-3-5-17(12-14)23(2)20(25)15-8-10-24(11-9-15)28(26,27)19-13-16(21)6-7-18(19)22/h3-7,12-13,15H,8-11H2,1-2H3. The number of benzene rings is 2. The molecule has 0 aliphatic carbocycles. The van der Waals surface area contributed by atoms with Gasteiger partial charge in [-0.2, -0.15) is 4.31 Å². The maximum absolute atomic E-state index is 12.9. The van der Waals surface area contributed by atoms with Crippen molar-refractivity contribution in [1.82, 2.24) is 4.31 Å². The molecule has 0 spiro atoms. The summed E-state index contributed by atoms with van der Waals surface area (Å²) < 4.78 is 27.2. The van der Waals surface area contributed by atoms with Gasteiger partial charge in [0.05, 0.1) is 5.02 Å². The van der Waals surface area contributed by atoms with Gasteiger partial charge in [0.15, 0.2) is 0 Å². The van der Waals surface area contributed by atoms with Gasteiger partial charge in [-0.3, -0.25) is 4.79 Å². The van der Waals surface area contributed by atoms with Crippen molar-refractivity contribution in [3.63, 3.8) is 0 Å². The van der Waals surface area contributed by atoms with Gasteiger partial charge in [0, 0.05) is 36.8 Å². The van der Waals surface area contributed by atoms with Crippen molar-refractivity contribution in [3.05, 3.63) is 58.1 Å². The third-order valence-corrected chi connectivity index (χ3v) is 7.65. The lowest BCUT2D eigenvalue weighted by atomic mass is 9.96. The monoisotopic (exact) mass is 440 g/mol. The fraction of sp³-hybridized carbons (Fsp3) is 0.350. The minimum Gasteiger partial charge on any atom is -0.315 e. The van der Waals surface area contributed by atoms with Crippen LogP contribution in [0.3, 0.4) is 0 Å². The number of carbonyl (C=O) groups is 1. The Morgan fingerprint density at radius 2 is 1.79 bits per heavy atom. The zero-order valence-corrected chi connectivity index (χ0v) is 18.1. The van der Waals surface area contributed by atoms with E-state index in [0.29, 0.717) is 17.9 Å². The van der Waals surface area contributed by atoms with Gasteiger partial charge in [0.1, 0.15) is 4.90 Å². The Kier molecular flexibility index (Phi) is 6.34. The van der Waals surface area contributed by atoms with Gasteiger partial charge >= 0.3 is 0 Å². The summed E-state index contributed by atoms with van der Waals surface area (Å²) in [5, 5.41) is 0.453. The zero-order valence-electron chi connectivity index (χ0n) is 15.7. The average Bonchev–Trinajstić information content (AvgIpc) is 2.68. The van der Waals surface area contributed by atoms with Crippen molar-refractivity contribution in [1.29, 1.82) is 0 Å². The van der Waals surface area contributed by atoms with Gasteiger partial charge in [0.25, 0.3) is 0 Å². The van der Waals surface area contributed by atoms with Crippen LogP contribution >= 0.6 is 23.2 Å². The van der Waals surface area contributed by atoms with Crippen LogP contribution in [0.5, 0.6) is 0 Å². The van der Waals surface area contributed by atoms with Crippen molar-refractivity contribution in [2.45, 2.75) is 24.7 Å². The topological polar surface area (TPSA) is 57.7 Å². The van der Waals surface area contributed by atoms with Crippen LogP contribution in [0.2, 0.25) is 10.0 Å². The lowest BCUT2D eigenvalue weighted by Crippen LogP contribution is -2.43. The molecule has 1 amide bonds. The predicted molar refractivity (Wildman–Crippen MR) is 113 cm³/mol. The van der Waals surface area contributed by atoms with Crippen LogP contribution in [-0.4, -0.2) is 38.8 Å². The molecule has 0 radical (unpaired) electrons. The first-order chi connectivity index (χ1) is 13.2. The second kappa shape index (κ2) is 8.41. The van der Waals surface area contributed by atoms with Gasteiger partial charge in [0.2, 0.25) is 15.9 Å². The van der Waals surface area contributed by atoms with Crippen molar-refractivity contribution in [2.24, 2.45) is 5.92 Å². The molecule has 1 aliphatic heterocycles. The van der Waals surface area contributed by atoms with Crippen molar-refractivity contribution >= 4 is 44.8 Å². The number of sulfonamides is 1. The number of hydrogen-bond acceptors (Lipinski definition) is 3. The van der Waals surface area contributed by atoms with Crippen LogP contribution < -0.4 is 4.90 Å². The van der Waals surface area contributed by atoms with Gasteiger partial charge in [-0.25, -0.2) is 8.42 Å². The summed E-state index contributed by atoms with van der Waals surface area (Å²) in [7, 11) is -1.99. The van der Waals surface area contributed by atoms with E-state index in [1.165, 1.54) is 16.4 Å². The Morgan fingerprint density at radius 3 is 2.43 bits per heavy atom. The smallest absolute Gasteiger partial charge is 0.244 e. The number of nitrogens with zero attached hydrogens (tertiary/aromatic N) is 2. The largest absolute Gasteiger partial charge is 0.315 e. The normalized spacial score (nSPS) is 16.1. The summed E-state index contributed by atoms with van der Waals surface area (Å²) in [6.07, 6.45) is 0.929. The molecule has 150 valence electrons. The van der Waals surface area contributed by atoms with E-state index in [9.17, 15) is 13.2 Å². The number of amides is 1. The van der Waals surface area contributed by atoms with Crippen molar-refractivity contribution in [2.75, 3.05) is 25.0 Å². The fourth-order valence-electron chi connectivity index (χ4n) is 3.39. The average molecular weight is 441 g/mol. The van der Waals surface area contributed by atoms with E-state index in [2.05, 4.69) is 0 Å². The lowest BCUT2D eigenvalue weighted by molar-refractivity contribution is -0.123. The molecule has 1 aliphatic rings. The molecule has 0 bridgehead atoms. The van der Waals surface area contributed by atoms with E-state index in [1.807, 2.05) is 31.2 Å². The van der Waals surface area contributed by atoms with Gasteiger partial charge in [-0.15, -0.1) is 0 Å². The predicted octanol–water partition coefficient (Wildman–Crippen LogP) is 4.37. The molecule has 5 nitrogen and oxygen atoms in total. The fourth-order valence-corrected chi connectivity index (χ4v) is 5.60. The first-order valence-corrected chi connectivity index (χ1v) is 11.2. The number of carbonyl (C=O) groups excluding carboxylic acids is 1. The maximum Gasteiger partial charge on any atom is 0.244 e. The Morgan fingerprint density at radius 1 is 1.11 bits per heavy atom. The first kappa shape index (κ1) is 21.1. The number of piperidine rings is 1. The summed E-state index contributed by atoms with van der Waals surface area (Å²) in [6.45, 7) is 2.51. The number of hydrogen-bond donors (Lipinski definition) is 0. The van der Waals surface area contributed by atoms with Crippen LogP contribution in [-0.2, 0) is 14.8 Å². The van der Waals surface area contributed by atoms with E-state index in [0.717, 1.165) is 11.3 Å². The molecule has 2 aromatic rings. The lowest BCUT2D eigenvalue weighted by Gasteiger charge is -2.32. The molecule has 0 aromatic heterocycles. The molecule has 0 saturated carbocycles. The summed E-state index contributed by atoms with van der Waals surface area (Å²) >= 11 is 12.0. The minimum absolute atomic E-state index is 0.00308. The van der Waals surface area contributed by atoms with E-state index in [4.69, 9.17) is 23.2 Å². The van der Waals surface area contributed by atoms with E-state index in [1.54, 1.807) is 18.0 Å². The summed E-state index contributed by atoms with van der Waals surface area (Å²) in [5.74, 6) is -0.213. The number of rotatable bonds is 4. The molecule has 0 unspecified atom stereocenters. The quantitative estimate of drug-likeness (QED) is 0.708. The third-order valence-electron chi connectivity index (χ3n) is 5.03. The van der Waals surface area contributed by atoms with Gasteiger partial charge < -0.3 is 4.90 Å². The maximum atomic E-state index is 12.9. The Hall–Kier alpha value is -1.60. The van der Waals surface area contributed by atoms with Gasteiger partial charge in [-0.1, -0.05) is 35.3 Å². The minimum atomic E-state index is -3.75. The van der Waals surface area contributed by atoms with Crippen LogP contribution in [0.25, 0.3) is 0 Å². The van der Waals surface area contributed by atoms with Crippen LogP contribution in [0.1, 0.15) is 18.4 Å². The third kappa shape index (κ3) is 4.35. The molecule has 8 heteroatoms. The molecular weight excluding hydrogens is 419 g/mol. The Labute approximate surface area is 175 Å². The van der Waals surface area contributed by atoms with Gasteiger partial charge in [-0.05, 0) is 55.7 Å². The van der Waals surface area contributed by atoms with Crippen molar-refractivity contribution < 1.29 is 13.2 Å². The van der Waals surface area contributed by atoms with Crippen molar-refractivity contribution in [3.8, 4) is 0 Å². The number of halogens is 2. The van der Waals surface area contributed by atoms with E-state index < -0.39 is 10.0 Å². The molecule has 1 fully saturated rings. The number of anilines is 1. The molecule has 3 rings (SSSR count). The SMILES string of the molecule is Cc1cccc(N(C)C(=O)C2CCN(S(=O)(=O)c3cc(Cl)ccc3Cl)CC2)c1. The highest BCUT2D eigenvalue weighted by atomic mass is 35.5. The van der Waals surface area contributed by atoms with E-state index in [-0.39, 0.29) is 34.8 Å². The molecular formula is C20H22Cl2N2O3S. The van der Waals surface area contributed by atoms with Crippen LogP contribution in [0, 0.1) is 12.8 Å². The number of aryl methyl sites for hydroxylation is 1. The van der Waals surface area contributed by atoms with Crippen LogP contribution in [0.4, 0.5) is 5.69 Å². The highest BCUT2D eigenvalue weighted by Crippen LogP contribution is 2.31. The van der Waals surface area contributed by atoms with Crippen LogP contribution in [0.15, 0.2) is 47.4 Å². The molecule has 28 heavy (non-hydrogen) atoms. The first-order valence-electron chi connectivity index (χ1n) is 8.99. The molecule has 1 heterocycles. The Bertz CT molecular complexity index is 987.